The van der Waals surface area contributed by atoms with Crippen LogP contribution in [0.5, 0.6) is 0 Å². The normalized spacial score (nSPS) is 14.6. The van der Waals surface area contributed by atoms with Gasteiger partial charge in [-0.2, -0.15) is 5.10 Å². The van der Waals surface area contributed by atoms with Gasteiger partial charge < -0.3 is 14.7 Å². The Morgan fingerprint density at radius 1 is 1.23 bits per heavy atom. The fourth-order valence-corrected chi connectivity index (χ4v) is 2.91. The van der Waals surface area contributed by atoms with E-state index in [-0.39, 0.29) is 0 Å². The lowest BCUT2D eigenvalue weighted by Gasteiger charge is -2.28. The van der Waals surface area contributed by atoms with Crippen LogP contribution in [0.15, 0.2) is 30.5 Å². The summed E-state index contributed by atoms with van der Waals surface area (Å²) in [7, 11) is 1.50. The minimum atomic E-state index is -1.01. The van der Waals surface area contributed by atoms with Gasteiger partial charge in [0.05, 0.1) is 24.8 Å². The Balaban J connectivity index is 1.73. The molecule has 0 radical (unpaired) electrons. The van der Waals surface area contributed by atoms with E-state index in [1.165, 1.54) is 7.05 Å². The minimum absolute atomic E-state index is 0.563. The van der Waals surface area contributed by atoms with Gasteiger partial charge in [-0.25, -0.2) is 14.8 Å². The van der Waals surface area contributed by atoms with Gasteiger partial charge in [0.15, 0.2) is 11.5 Å². The number of benzene rings is 1. The number of carbonyl (C=O) groups is 1. The van der Waals surface area contributed by atoms with Gasteiger partial charge in [0, 0.05) is 31.4 Å². The summed E-state index contributed by atoms with van der Waals surface area (Å²) in [6.45, 7) is 2.85. The molecule has 1 aliphatic rings. The number of carboxylic acid groups (broad SMARTS) is 1. The van der Waals surface area contributed by atoms with Crippen LogP contribution >= 0.6 is 0 Å². The van der Waals surface area contributed by atoms with E-state index in [0.29, 0.717) is 30.4 Å². The molecular weight excluding hydrogens is 336 g/mol. The Labute approximate surface area is 149 Å². The molecule has 3 aromatic rings. The van der Waals surface area contributed by atoms with Gasteiger partial charge in [0.25, 0.3) is 0 Å². The number of fused-ring (bicyclic) bond motifs is 1. The quantitative estimate of drug-likeness (QED) is 0.740. The first kappa shape index (κ1) is 16.3. The van der Waals surface area contributed by atoms with Crippen molar-refractivity contribution in [3.8, 4) is 11.4 Å². The molecule has 1 aliphatic heterocycles. The first-order valence-electron chi connectivity index (χ1n) is 8.24. The molecule has 26 heavy (non-hydrogen) atoms. The molecule has 3 heterocycles. The molecule has 0 bridgehead atoms. The maximum absolute atomic E-state index is 11.1. The third-order valence-electron chi connectivity index (χ3n) is 4.40. The molecule has 9 heteroatoms. The third-order valence-corrected chi connectivity index (χ3v) is 4.40. The highest BCUT2D eigenvalue weighted by molar-refractivity contribution is 5.89. The number of hydrogen-bond donors (Lipinski definition) is 2. The summed E-state index contributed by atoms with van der Waals surface area (Å²) in [5, 5.41) is 16.9. The predicted octanol–water partition coefficient (Wildman–Crippen LogP) is 1.97. The minimum Gasteiger partial charge on any atom is -0.465 e. The number of rotatable bonds is 3. The molecule has 1 aromatic carbocycles. The van der Waals surface area contributed by atoms with Crippen LogP contribution in [0.25, 0.3) is 22.4 Å². The van der Waals surface area contributed by atoms with E-state index >= 15 is 0 Å². The standard InChI is InChI=1S/C17H18N6O3/c1-22(17(24)25)12-4-2-11(3-5-12)14-19-15-13(10-18-21-15)16(20-14)23-6-8-26-9-7-23/h2-5,10H,6-9H2,1H3,(H,24,25)(H,18,19,20,21). The molecule has 0 saturated carbocycles. The van der Waals surface area contributed by atoms with E-state index in [2.05, 4.69) is 20.1 Å². The highest BCUT2D eigenvalue weighted by Gasteiger charge is 2.19. The maximum atomic E-state index is 11.1. The zero-order chi connectivity index (χ0) is 18.1. The zero-order valence-electron chi connectivity index (χ0n) is 14.2. The number of anilines is 2. The predicted molar refractivity (Wildman–Crippen MR) is 96.6 cm³/mol. The number of aromatic amines is 1. The molecule has 0 unspecified atom stereocenters. The lowest BCUT2D eigenvalue weighted by molar-refractivity contribution is 0.122. The van der Waals surface area contributed by atoms with Crippen molar-refractivity contribution in [3.05, 3.63) is 30.5 Å². The second kappa shape index (κ2) is 6.60. The Morgan fingerprint density at radius 2 is 1.96 bits per heavy atom. The van der Waals surface area contributed by atoms with E-state index in [0.717, 1.165) is 34.8 Å². The SMILES string of the molecule is CN(C(=O)O)c1ccc(-c2nc(N3CCOCC3)c3cn[nH]c3n2)cc1. The van der Waals surface area contributed by atoms with Gasteiger partial charge in [-0.1, -0.05) is 0 Å². The van der Waals surface area contributed by atoms with Crippen molar-refractivity contribution in [1.29, 1.82) is 0 Å². The van der Waals surface area contributed by atoms with Crippen molar-refractivity contribution in [2.24, 2.45) is 0 Å². The first-order chi connectivity index (χ1) is 12.6. The molecule has 134 valence electrons. The lowest BCUT2D eigenvalue weighted by Crippen LogP contribution is -2.37. The van der Waals surface area contributed by atoms with Crippen LogP contribution in [0.3, 0.4) is 0 Å². The van der Waals surface area contributed by atoms with E-state index in [1.807, 2.05) is 12.1 Å². The van der Waals surface area contributed by atoms with Crippen LogP contribution in [-0.4, -0.2) is 64.7 Å². The van der Waals surface area contributed by atoms with Gasteiger partial charge in [-0.05, 0) is 24.3 Å². The van der Waals surface area contributed by atoms with Crippen LogP contribution in [0.1, 0.15) is 0 Å². The number of aromatic nitrogens is 4. The second-order valence-corrected chi connectivity index (χ2v) is 5.99. The van der Waals surface area contributed by atoms with Gasteiger partial charge in [0.1, 0.15) is 5.82 Å². The molecule has 2 aromatic heterocycles. The second-order valence-electron chi connectivity index (χ2n) is 5.99. The number of nitrogens with zero attached hydrogens (tertiary/aromatic N) is 5. The Bertz CT molecular complexity index is 933. The molecule has 0 spiro atoms. The number of morpholine rings is 1. The monoisotopic (exact) mass is 354 g/mol. The summed E-state index contributed by atoms with van der Waals surface area (Å²) in [5.41, 5.74) is 2.05. The lowest BCUT2D eigenvalue weighted by atomic mass is 10.2. The average molecular weight is 354 g/mol. The molecule has 2 N–H and O–H groups in total. The smallest absolute Gasteiger partial charge is 0.411 e. The fraction of sp³-hybridized carbons (Fsp3) is 0.294. The van der Waals surface area contributed by atoms with Crippen molar-refractivity contribution in [3.63, 3.8) is 0 Å². The topological polar surface area (TPSA) is 107 Å². The summed E-state index contributed by atoms with van der Waals surface area (Å²) in [4.78, 5) is 23.7. The molecule has 1 amide bonds. The van der Waals surface area contributed by atoms with Crippen molar-refractivity contribution >= 4 is 28.6 Å². The molecule has 9 nitrogen and oxygen atoms in total. The molecule has 4 rings (SSSR count). The molecule has 1 saturated heterocycles. The van der Waals surface area contributed by atoms with Crippen molar-refractivity contribution in [2.75, 3.05) is 43.2 Å². The van der Waals surface area contributed by atoms with Crippen LogP contribution in [0.4, 0.5) is 16.3 Å². The summed E-state index contributed by atoms with van der Waals surface area (Å²) < 4.78 is 5.42. The number of hydrogen-bond acceptors (Lipinski definition) is 6. The van der Waals surface area contributed by atoms with Gasteiger partial charge in [0.2, 0.25) is 0 Å². The van der Waals surface area contributed by atoms with E-state index < -0.39 is 6.09 Å². The highest BCUT2D eigenvalue weighted by atomic mass is 16.5. The maximum Gasteiger partial charge on any atom is 0.411 e. The Kier molecular flexibility index (Phi) is 4.13. The van der Waals surface area contributed by atoms with E-state index in [4.69, 9.17) is 14.8 Å². The summed E-state index contributed by atoms with van der Waals surface area (Å²) in [6.07, 6.45) is 0.719. The molecular formula is C17H18N6O3. The summed E-state index contributed by atoms with van der Waals surface area (Å²) in [6, 6.07) is 7.10. The third kappa shape index (κ3) is 2.93. The molecule has 0 aliphatic carbocycles. The Morgan fingerprint density at radius 3 is 2.65 bits per heavy atom. The van der Waals surface area contributed by atoms with Crippen LogP contribution < -0.4 is 9.80 Å². The average Bonchev–Trinajstić information content (AvgIpc) is 3.16. The number of nitrogens with one attached hydrogen (secondary N) is 1. The van der Waals surface area contributed by atoms with Crippen LogP contribution in [0, 0.1) is 0 Å². The van der Waals surface area contributed by atoms with Crippen molar-refractivity contribution in [1.82, 2.24) is 20.2 Å². The van der Waals surface area contributed by atoms with Gasteiger partial charge in [-0.15, -0.1) is 0 Å². The van der Waals surface area contributed by atoms with Crippen LogP contribution in [-0.2, 0) is 4.74 Å². The molecule has 1 fully saturated rings. The van der Waals surface area contributed by atoms with Crippen LogP contribution in [0.2, 0.25) is 0 Å². The zero-order valence-corrected chi connectivity index (χ0v) is 14.2. The van der Waals surface area contributed by atoms with E-state index in [9.17, 15) is 4.79 Å². The fourth-order valence-electron chi connectivity index (χ4n) is 2.91. The first-order valence-corrected chi connectivity index (χ1v) is 8.24. The Hall–Kier alpha value is -3.20. The van der Waals surface area contributed by atoms with Crippen molar-refractivity contribution in [2.45, 2.75) is 0 Å². The molecule has 0 atom stereocenters. The number of amides is 1. The van der Waals surface area contributed by atoms with Crippen molar-refractivity contribution < 1.29 is 14.6 Å². The summed E-state index contributed by atoms with van der Waals surface area (Å²) >= 11 is 0. The largest absolute Gasteiger partial charge is 0.465 e. The number of H-pyrrole nitrogens is 1. The van der Waals surface area contributed by atoms with E-state index in [1.54, 1.807) is 18.3 Å². The summed E-state index contributed by atoms with van der Waals surface area (Å²) in [5.74, 6) is 1.39. The number of ether oxygens (including phenoxy) is 1. The van der Waals surface area contributed by atoms with Gasteiger partial charge >= 0.3 is 6.09 Å². The van der Waals surface area contributed by atoms with Gasteiger partial charge in [-0.3, -0.25) is 10.00 Å². The highest BCUT2D eigenvalue weighted by Crippen LogP contribution is 2.28.